The van der Waals surface area contributed by atoms with Crippen LogP contribution in [0.3, 0.4) is 0 Å². The van der Waals surface area contributed by atoms with E-state index in [1.807, 2.05) is 13.8 Å². The fraction of sp³-hybridized carbons (Fsp3) is 0.651. The van der Waals surface area contributed by atoms with Crippen molar-refractivity contribution in [3.63, 3.8) is 0 Å². The first-order valence-corrected chi connectivity index (χ1v) is 22.9. The van der Waals surface area contributed by atoms with E-state index < -0.39 is 105 Å². The third kappa shape index (κ3) is 12.6. The number of nitrogens with one attached hydrogen (secondary N) is 2. The highest BCUT2D eigenvalue weighted by Crippen LogP contribution is 2.47. The quantitative estimate of drug-likeness (QED) is 0.195. The molecule has 4 aliphatic rings. The van der Waals surface area contributed by atoms with Crippen LogP contribution in [0.25, 0.3) is 0 Å². The Morgan fingerprint density at radius 2 is 1.76 bits per heavy atom. The molecule has 6 rings (SSSR count). The summed E-state index contributed by atoms with van der Waals surface area (Å²) in [6.45, 7) is 3.64. The molecule has 3 fully saturated rings. The molecular weight excluding hydrogens is 872 g/mol. The highest BCUT2D eigenvalue weighted by atomic mass is 35.5. The van der Waals surface area contributed by atoms with Gasteiger partial charge in [-0.2, -0.15) is 8.78 Å². The Labute approximate surface area is 370 Å². The lowest BCUT2D eigenvalue weighted by Gasteiger charge is -2.34. The number of likely N-dealkylation sites (tertiary alicyclic amines) is 1. The standard InChI is InChI=1S/C43H56ClF5N7O6P/c1-25(2)17-31-39(59)54(4)34(19-26-18-27(44)22-50-38(26)62-29-13-14-29)41(61)53(3)15-9-7-5-6-8-12-32(36(57)52-31)55-16-10-11-30(40(55)60)51-37(58)33-20-28(45)23-56(33)35-21-42(46,47)24-43(48,49)63-35/h10-11,16,18,22,25,28-29,31-34H,5-9,12-15,17,19-21,23-24H2,1-4H3,(H,51,58)(H,52,57)/t28-,31+,32+,33+,34+/m1/s1. The average molecular weight is 928 g/mol. The van der Waals surface area contributed by atoms with Crippen LogP contribution in [-0.4, -0.2) is 122 Å². The van der Waals surface area contributed by atoms with Crippen molar-refractivity contribution in [2.75, 3.05) is 32.5 Å². The van der Waals surface area contributed by atoms with Crippen LogP contribution < -0.4 is 20.9 Å². The van der Waals surface area contributed by atoms with Crippen molar-refractivity contribution in [1.29, 1.82) is 0 Å². The minimum Gasteiger partial charge on any atom is -0.474 e. The van der Waals surface area contributed by atoms with Crippen LogP contribution in [0, 0.1) is 5.92 Å². The van der Waals surface area contributed by atoms with Crippen LogP contribution in [0.15, 0.2) is 35.4 Å². The van der Waals surface area contributed by atoms with Crippen molar-refractivity contribution in [2.45, 2.75) is 145 Å². The summed E-state index contributed by atoms with van der Waals surface area (Å²) in [7, 11) is 2.46. The van der Waals surface area contributed by atoms with E-state index in [-0.39, 0.29) is 42.9 Å². The van der Waals surface area contributed by atoms with Gasteiger partial charge in [0.2, 0.25) is 29.5 Å². The van der Waals surface area contributed by atoms with Crippen molar-refractivity contribution < 1.29 is 45.9 Å². The molecule has 13 nitrogen and oxygen atoms in total. The van der Waals surface area contributed by atoms with Crippen LogP contribution in [0.4, 0.5) is 27.6 Å². The maximum Gasteiger partial charge on any atom is 0.294 e. The van der Waals surface area contributed by atoms with E-state index in [9.17, 15) is 45.9 Å². The van der Waals surface area contributed by atoms with Crippen LogP contribution in [-0.2, 0) is 25.6 Å². The Balaban J connectivity index is 1.27. The third-order valence-electron chi connectivity index (χ3n) is 11.8. The van der Waals surface area contributed by atoms with E-state index in [1.165, 1.54) is 36.5 Å². The smallest absolute Gasteiger partial charge is 0.294 e. The molecule has 0 unspecified atom stereocenters. The fourth-order valence-electron chi connectivity index (χ4n) is 8.43. The van der Waals surface area contributed by atoms with Gasteiger partial charge in [0.15, 0.2) is 0 Å². The summed E-state index contributed by atoms with van der Waals surface area (Å²) in [4.78, 5) is 79.4. The molecule has 20 heteroatoms. The molecule has 3 aliphatic heterocycles. The van der Waals surface area contributed by atoms with Gasteiger partial charge in [-0.15, -0.1) is 0 Å². The molecule has 4 amide bonds. The highest BCUT2D eigenvalue weighted by Gasteiger charge is 2.51. The van der Waals surface area contributed by atoms with Gasteiger partial charge in [0.25, 0.3) is 17.1 Å². The average Bonchev–Trinajstić information content (AvgIpc) is 3.93. The molecule has 5 heterocycles. The molecule has 346 valence electrons. The maximum absolute atomic E-state index is 14.8. The Hall–Kier alpha value is -4.15. The summed E-state index contributed by atoms with van der Waals surface area (Å²) in [6, 6.07) is -0.416. The van der Waals surface area contributed by atoms with Gasteiger partial charge in [0, 0.05) is 63.4 Å². The molecule has 0 spiro atoms. The van der Waals surface area contributed by atoms with E-state index in [1.54, 1.807) is 18.0 Å². The number of carbonyl (C=O) groups excluding carboxylic acids is 4. The number of carbonyl (C=O) groups is 4. The lowest BCUT2D eigenvalue weighted by molar-refractivity contribution is -0.146. The van der Waals surface area contributed by atoms with E-state index in [0.29, 0.717) is 42.3 Å². The zero-order chi connectivity index (χ0) is 45.8. The largest absolute Gasteiger partial charge is 0.474 e. The molecule has 0 aromatic carbocycles. The predicted molar refractivity (Wildman–Crippen MR) is 229 cm³/mol. The lowest BCUT2D eigenvalue weighted by Crippen LogP contribution is -2.56. The number of amides is 4. The Morgan fingerprint density at radius 1 is 1.05 bits per heavy atom. The number of pyridine rings is 2. The van der Waals surface area contributed by atoms with Crippen molar-refractivity contribution >= 4 is 54.5 Å². The number of anilines is 1. The van der Waals surface area contributed by atoms with Gasteiger partial charge in [-0.1, -0.05) is 51.1 Å². The summed E-state index contributed by atoms with van der Waals surface area (Å²) in [5.74, 6) is -6.00. The summed E-state index contributed by atoms with van der Waals surface area (Å²) in [6.07, 6.45) is 3.46. The summed E-state index contributed by atoms with van der Waals surface area (Å²) >= 11 is 6.37. The van der Waals surface area contributed by atoms with Crippen LogP contribution in [0.5, 0.6) is 5.88 Å². The van der Waals surface area contributed by atoms with Gasteiger partial charge in [-0.3, -0.25) is 28.9 Å². The molecule has 0 radical (unpaired) electrons. The molecule has 63 heavy (non-hydrogen) atoms. The summed E-state index contributed by atoms with van der Waals surface area (Å²) < 4.78 is 79.4. The highest BCUT2D eigenvalue weighted by molar-refractivity contribution is 7.41. The van der Waals surface area contributed by atoms with Crippen molar-refractivity contribution in [2.24, 2.45) is 5.92 Å². The number of likely N-dealkylation sites (N-methyl/N-ethyl adjacent to an activating group) is 2. The first kappa shape index (κ1) is 48.3. The van der Waals surface area contributed by atoms with E-state index in [4.69, 9.17) is 16.3 Å². The van der Waals surface area contributed by atoms with Crippen molar-refractivity contribution in [1.82, 2.24) is 29.6 Å². The topological polar surface area (TPSA) is 146 Å². The molecule has 1 saturated carbocycles. The number of hydrogen-bond acceptors (Lipinski definition) is 8. The maximum atomic E-state index is 14.8. The molecule has 2 saturated heterocycles. The number of ether oxygens (including phenoxy) is 1. The normalized spacial score (nSPS) is 26.9. The number of halogens is 6. The van der Waals surface area contributed by atoms with Crippen LogP contribution in [0.1, 0.15) is 103 Å². The van der Waals surface area contributed by atoms with Gasteiger partial charge >= 0.3 is 0 Å². The number of nitrogens with zero attached hydrogens (tertiary/aromatic N) is 5. The predicted octanol–water partition coefficient (Wildman–Crippen LogP) is 6.84. The second kappa shape index (κ2) is 20.4. The molecule has 2 aromatic rings. The van der Waals surface area contributed by atoms with Crippen molar-refractivity contribution in [3.05, 3.63) is 51.5 Å². The molecular formula is C43H56ClF5N7O6P. The molecule has 0 bridgehead atoms. The number of aromatic nitrogens is 2. The monoisotopic (exact) mass is 927 g/mol. The first-order chi connectivity index (χ1) is 29.7. The second-order valence-electron chi connectivity index (χ2n) is 17.7. The van der Waals surface area contributed by atoms with Crippen LogP contribution >= 0.6 is 19.8 Å². The van der Waals surface area contributed by atoms with E-state index in [2.05, 4.69) is 15.6 Å². The lowest BCUT2D eigenvalue weighted by atomic mass is 9.98. The van der Waals surface area contributed by atoms with E-state index >= 15 is 0 Å². The summed E-state index contributed by atoms with van der Waals surface area (Å²) in [5, 5.41) is 5.67. The Bertz CT molecular complexity index is 2110. The van der Waals surface area contributed by atoms with Crippen LogP contribution in [0.2, 0.25) is 5.02 Å². The van der Waals surface area contributed by atoms with Crippen molar-refractivity contribution in [3.8, 4) is 5.88 Å². The molecule has 5 atom stereocenters. The second-order valence-corrected chi connectivity index (χ2v) is 19.5. The van der Waals surface area contributed by atoms with Gasteiger partial charge in [0.05, 0.1) is 23.9 Å². The minimum atomic E-state index is -3.78. The van der Waals surface area contributed by atoms with E-state index in [0.717, 1.165) is 35.2 Å². The third-order valence-corrected chi connectivity index (χ3v) is 13.2. The molecule has 2 aromatic heterocycles. The van der Waals surface area contributed by atoms with Gasteiger partial charge in [-0.25, -0.2) is 18.2 Å². The number of alkyl halides is 5. The first-order valence-electron chi connectivity index (χ1n) is 21.6. The summed E-state index contributed by atoms with van der Waals surface area (Å²) in [5.41, 5.74) is -4.80. The van der Waals surface area contributed by atoms with Gasteiger partial charge < -0.3 is 29.7 Å². The van der Waals surface area contributed by atoms with Gasteiger partial charge in [-0.05, 0) is 64.4 Å². The SMILES string of the molecule is CC(C)C[C@@H]1NC(=O)[C@@H](n2cccc(NC(=O)[C@@H]3C[C@@H](F)CN3C3=PC(F)(F)CC(F)(F)C3)c2=O)CCCCCCCN(C)C(=O)[C@H](Cc2cc(Cl)cnc2OC2CC2)N(C)C1=O. The zero-order valence-electron chi connectivity index (χ0n) is 35.9. The zero-order valence-corrected chi connectivity index (χ0v) is 37.6. The molecule has 2 N–H and O–H groups in total. The Kier molecular flexibility index (Phi) is 15.6. The number of hydrogen-bond donors (Lipinski definition) is 2. The Morgan fingerprint density at radius 3 is 2.46 bits per heavy atom. The number of rotatable bonds is 10. The molecule has 1 aliphatic carbocycles. The fourth-order valence-corrected chi connectivity index (χ4v) is 9.95. The van der Waals surface area contributed by atoms with Gasteiger partial charge in [0.1, 0.15) is 36.1 Å². The minimum absolute atomic E-state index is 0.00116.